The van der Waals surface area contributed by atoms with Crippen LogP contribution in [0.25, 0.3) is 0 Å². The van der Waals surface area contributed by atoms with E-state index in [0.29, 0.717) is 48.0 Å². The van der Waals surface area contributed by atoms with Gasteiger partial charge in [0.05, 0.1) is 14.2 Å². The molecule has 0 radical (unpaired) electrons. The van der Waals surface area contributed by atoms with Gasteiger partial charge in [0.2, 0.25) is 5.91 Å². The van der Waals surface area contributed by atoms with Gasteiger partial charge in [-0.15, -0.1) is 0 Å². The molecular formula is C24H34N2O4. The smallest absolute Gasteiger partial charge is 0.254 e. The number of benzene rings is 1. The van der Waals surface area contributed by atoms with Crippen LogP contribution in [0.3, 0.4) is 0 Å². The van der Waals surface area contributed by atoms with Gasteiger partial charge in [-0.05, 0) is 56.6 Å². The standard InChI is InChI=1S/C24H34N2O4/c1-29-20-14-19(15-21(16-20)30-2)23(27)25-12-9-18(10-13-25)24(28)26-11-5-7-17-6-3-4-8-22(17)26/h14-18,22H,3-13H2,1-2H3/t17-,22+/m1/s1. The summed E-state index contributed by atoms with van der Waals surface area (Å²) in [6.45, 7) is 2.16. The van der Waals surface area contributed by atoms with Crippen LogP contribution >= 0.6 is 0 Å². The summed E-state index contributed by atoms with van der Waals surface area (Å²) in [5.74, 6) is 2.28. The summed E-state index contributed by atoms with van der Waals surface area (Å²) < 4.78 is 10.6. The Hall–Kier alpha value is -2.24. The number of piperidine rings is 2. The average Bonchev–Trinajstić information content (AvgIpc) is 2.82. The number of hydrogen-bond donors (Lipinski definition) is 0. The van der Waals surface area contributed by atoms with Crippen molar-refractivity contribution in [1.82, 2.24) is 9.80 Å². The van der Waals surface area contributed by atoms with E-state index in [9.17, 15) is 9.59 Å². The highest BCUT2D eigenvalue weighted by Crippen LogP contribution is 2.37. The maximum atomic E-state index is 13.3. The predicted octanol–water partition coefficient (Wildman–Crippen LogP) is 3.74. The van der Waals surface area contributed by atoms with Gasteiger partial charge in [0.1, 0.15) is 11.5 Å². The number of hydrogen-bond acceptors (Lipinski definition) is 4. The van der Waals surface area contributed by atoms with Gasteiger partial charge >= 0.3 is 0 Å². The van der Waals surface area contributed by atoms with Crippen molar-refractivity contribution in [2.75, 3.05) is 33.9 Å². The van der Waals surface area contributed by atoms with Crippen LogP contribution in [0.4, 0.5) is 0 Å². The van der Waals surface area contributed by atoms with Crippen molar-refractivity contribution < 1.29 is 19.1 Å². The summed E-state index contributed by atoms with van der Waals surface area (Å²) in [5.41, 5.74) is 0.567. The van der Waals surface area contributed by atoms with Crippen LogP contribution in [0.1, 0.15) is 61.7 Å². The number of fused-ring (bicyclic) bond motifs is 1. The monoisotopic (exact) mass is 414 g/mol. The second-order valence-corrected chi connectivity index (χ2v) is 8.95. The van der Waals surface area contributed by atoms with E-state index < -0.39 is 0 Å². The average molecular weight is 415 g/mol. The third-order valence-corrected chi connectivity index (χ3v) is 7.26. The lowest BCUT2D eigenvalue weighted by atomic mass is 9.77. The molecule has 0 aromatic heterocycles. The van der Waals surface area contributed by atoms with Crippen molar-refractivity contribution in [3.05, 3.63) is 23.8 Å². The molecule has 1 aliphatic carbocycles. The van der Waals surface area contributed by atoms with Gasteiger partial charge in [0.15, 0.2) is 0 Å². The van der Waals surface area contributed by atoms with Gasteiger partial charge in [0, 0.05) is 43.2 Å². The number of nitrogens with zero attached hydrogens (tertiary/aromatic N) is 2. The zero-order valence-electron chi connectivity index (χ0n) is 18.3. The Morgan fingerprint density at radius 1 is 0.833 bits per heavy atom. The number of methoxy groups -OCH3 is 2. The normalized spacial score (nSPS) is 24.9. The molecule has 3 aliphatic rings. The summed E-state index contributed by atoms with van der Waals surface area (Å²) in [7, 11) is 3.16. The molecule has 2 heterocycles. The molecule has 0 bridgehead atoms. The minimum absolute atomic E-state index is 0.0246. The van der Waals surface area contributed by atoms with E-state index in [1.54, 1.807) is 32.4 Å². The Morgan fingerprint density at radius 2 is 1.47 bits per heavy atom. The van der Waals surface area contributed by atoms with Crippen molar-refractivity contribution in [1.29, 1.82) is 0 Å². The third kappa shape index (κ3) is 4.28. The minimum atomic E-state index is -0.0246. The third-order valence-electron chi connectivity index (χ3n) is 7.26. The van der Waals surface area contributed by atoms with E-state index in [1.807, 2.05) is 4.90 Å². The number of carbonyl (C=O) groups excluding carboxylic acids is 2. The van der Waals surface area contributed by atoms with E-state index in [1.165, 1.54) is 32.1 Å². The van der Waals surface area contributed by atoms with Gasteiger partial charge < -0.3 is 19.3 Å². The Bertz CT molecular complexity index is 748. The Kier molecular flexibility index (Phi) is 6.49. The number of amides is 2. The minimum Gasteiger partial charge on any atom is -0.497 e. The van der Waals surface area contributed by atoms with Crippen LogP contribution in [0.5, 0.6) is 11.5 Å². The van der Waals surface area contributed by atoms with E-state index in [4.69, 9.17) is 9.47 Å². The number of likely N-dealkylation sites (tertiary alicyclic amines) is 2. The van der Waals surface area contributed by atoms with Crippen LogP contribution < -0.4 is 9.47 Å². The van der Waals surface area contributed by atoms with E-state index >= 15 is 0 Å². The Balaban J connectivity index is 1.37. The lowest BCUT2D eigenvalue weighted by molar-refractivity contribution is -0.143. The van der Waals surface area contributed by atoms with Gasteiger partial charge in [-0.2, -0.15) is 0 Å². The molecule has 1 aromatic rings. The molecular weight excluding hydrogens is 380 g/mol. The van der Waals surface area contributed by atoms with Gasteiger partial charge in [-0.1, -0.05) is 12.8 Å². The molecule has 1 saturated carbocycles. The second-order valence-electron chi connectivity index (χ2n) is 8.95. The fourth-order valence-corrected chi connectivity index (χ4v) is 5.58. The van der Waals surface area contributed by atoms with Gasteiger partial charge in [-0.3, -0.25) is 9.59 Å². The van der Waals surface area contributed by atoms with Crippen molar-refractivity contribution in [3.63, 3.8) is 0 Å². The summed E-state index contributed by atoms with van der Waals surface area (Å²) in [4.78, 5) is 30.4. The largest absolute Gasteiger partial charge is 0.497 e. The first-order valence-corrected chi connectivity index (χ1v) is 11.4. The maximum Gasteiger partial charge on any atom is 0.254 e. The van der Waals surface area contributed by atoms with Crippen LogP contribution in [-0.4, -0.2) is 61.5 Å². The number of rotatable bonds is 4. The fraction of sp³-hybridized carbons (Fsp3) is 0.667. The molecule has 4 rings (SSSR count). The van der Waals surface area contributed by atoms with Gasteiger partial charge in [-0.25, -0.2) is 0 Å². The SMILES string of the molecule is COc1cc(OC)cc(C(=O)N2CCC(C(=O)N3CCC[C@H]4CCCC[C@@H]43)CC2)c1. The second kappa shape index (κ2) is 9.27. The quantitative estimate of drug-likeness (QED) is 0.753. The van der Waals surface area contributed by atoms with Crippen molar-refractivity contribution in [3.8, 4) is 11.5 Å². The molecule has 2 amide bonds. The molecule has 6 nitrogen and oxygen atoms in total. The van der Waals surface area contributed by atoms with Crippen LogP contribution in [0.2, 0.25) is 0 Å². The lowest BCUT2D eigenvalue weighted by Crippen LogP contribution is -2.53. The molecule has 3 fully saturated rings. The molecule has 1 aromatic carbocycles. The zero-order chi connectivity index (χ0) is 21.1. The summed E-state index contributed by atoms with van der Waals surface area (Å²) in [5, 5.41) is 0. The first kappa shape index (κ1) is 21.0. The molecule has 0 unspecified atom stereocenters. The van der Waals surface area contributed by atoms with Crippen LogP contribution in [0.15, 0.2) is 18.2 Å². The molecule has 2 atom stereocenters. The lowest BCUT2D eigenvalue weighted by Gasteiger charge is -2.46. The van der Waals surface area contributed by atoms with Crippen molar-refractivity contribution in [2.45, 2.75) is 57.4 Å². The Morgan fingerprint density at radius 3 is 2.13 bits per heavy atom. The van der Waals surface area contributed by atoms with E-state index in [2.05, 4.69) is 4.90 Å². The first-order chi connectivity index (χ1) is 14.6. The number of carbonyl (C=O) groups is 2. The summed E-state index contributed by atoms with van der Waals surface area (Å²) in [6, 6.07) is 5.72. The number of ether oxygens (including phenoxy) is 2. The molecule has 164 valence electrons. The molecule has 30 heavy (non-hydrogen) atoms. The highest BCUT2D eigenvalue weighted by Gasteiger charge is 2.39. The summed E-state index contributed by atoms with van der Waals surface area (Å²) >= 11 is 0. The van der Waals surface area contributed by atoms with Gasteiger partial charge in [0.25, 0.3) is 5.91 Å². The topological polar surface area (TPSA) is 59.1 Å². The highest BCUT2D eigenvalue weighted by atomic mass is 16.5. The molecule has 0 N–H and O–H groups in total. The van der Waals surface area contributed by atoms with Crippen molar-refractivity contribution >= 4 is 11.8 Å². The van der Waals surface area contributed by atoms with E-state index in [0.717, 1.165) is 25.8 Å². The summed E-state index contributed by atoms with van der Waals surface area (Å²) in [6.07, 6.45) is 8.95. The van der Waals surface area contributed by atoms with Crippen molar-refractivity contribution in [2.24, 2.45) is 11.8 Å². The fourth-order valence-electron chi connectivity index (χ4n) is 5.58. The molecule has 2 saturated heterocycles. The zero-order valence-corrected chi connectivity index (χ0v) is 18.3. The predicted molar refractivity (Wildman–Crippen MR) is 115 cm³/mol. The molecule has 2 aliphatic heterocycles. The van der Waals surface area contributed by atoms with Crippen LogP contribution in [0, 0.1) is 11.8 Å². The van der Waals surface area contributed by atoms with E-state index in [-0.39, 0.29) is 11.8 Å². The first-order valence-electron chi connectivity index (χ1n) is 11.4. The van der Waals surface area contributed by atoms with Crippen LogP contribution in [-0.2, 0) is 4.79 Å². The Labute approximate surface area is 179 Å². The molecule has 0 spiro atoms. The maximum absolute atomic E-state index is 13.3. The highest BCUT2D eigenvalue weighted by molar-refractivity contribution is 5.95. The molecule has 6 heteroatoms.